The molecule has 0 heterocycles. The lowest BCUT2D eigenvalue weighted by molar-refractivity contribution is 0.169. The van der Waals surface area contributed by atoms with Crippen LogP contribution in [-0.2, 0) is 0 Å². The van der Waals surface area contributed by atoms with Crippen molar-refractivity contribution in [2.45, 2.75) is 70.9 Å². The van der Waals surface area contributed by atoms with E-state index < -0.39 is 0 Å². The van der Waals surface area contributed by atoms with Gasteiger partial charge in [0.1, 0.15) is 0 Å². The fraction of sp³-hybridized carbons (Fsp3) is 1.00. The number of nitrogens with one attached hydrogen (secondary N) is 1. The van der Waals surface area contributed by atoms with Gasteiger partial charge in [-0.3, -0.25) is 0 Å². The van der Waals surface area contributed by atoms with Crippen molar-refractivity contribution in [3.8, 4) is 0 Å². The molecule has 0 spiro atoms. The largest absolute Gasteiger partial charge is 0.312 e. The number of hydrogen-bond donors (Lipinski definition) is 1. The van der Waals surface area contributed by atoms with Gasteiger partial charge >= 0.3 is 0 Å². The Bertz CT molecular complexity index is 168. The van der Waals surface area contributed by atoms with Gasteiger partial charge in [-0.25, -0.2) is 0 Å². The molecule has 2 atom stereocenters. The van der Waals surface area contributed by atoms with Gasteiger partial charge in [0.05, 0.1) is 0 Å². The van der Waals surface area contributed by atoms with Crippen molar-refractivity contribution in [2.75, 3.05) is 20.1 Å². The van der Waals surface area contributed by atoms with Crippen molar-refractivity contribution >= 4 is 0 Å². The predicted octanol–water partition coefficient (Wildman–Crippen LogP) is 3.03. The molecule has 0 aromatic carbocycles. The molecule has 1 aliphatic rings. The van der Waals surface area contributed by atoms with E-state index in [9.17, 15) is 0 Å². The first-order chi connectivity index (χ1) is 7.79. The molecule has 1 rings (SSSR count). The summed E-state index contributed by atoms with van der Waals surface area (Å²) in [5.74, 6) is 0. The van der Waals surface area contributed by atoms with Gasteiger partial charge in [-0.1, -0.05) is 39.5 Å². The molecule has 0 aromatic heterocycles. The highest BCUT2D eigenvalue weighted by Gasteiger charge is 2.24. The number of rotatable bonds is 5. The maximum absolute atomic E-state index is 3.76. The Morgan fingerprint density at radius 2 is 1.75 bits per heavy atom. The zero-order valence-electron chi connectivity index (χ0n) is 11.5. The molecule has 96 valence electrons. The summed E-state index contributed by atoms with van der Waals surface area (Å²) in [5, 5.41) is 3.76. The summed E-state index contributed by atoms with van der Waals surface area (Å²) in [6.07, 6.45) is 9.70. The SMILES string of the molecule is CCCNC1CCCCCCC1N(C)CC. The van der Waals surface area contributed by atoms with E-state index in [0.29, 0.717) is 0 Å². The zero-order valence-corrected chi connectivity index (χ0v) is 11.5. The van der Waals surface area contributed by atoms with Crippen LogP contribution in [0.15, 0.2) is 0 Å². The van der Waals surface area contributed by atoms with Crippen molar-refractivity contribution in [3.05, 3.63) is 0 Å². The van der Waals surface area contributed by atoms with E-state index in [1.54, 1.807) is 0 Å². The molecule has 1 aliphatic carbocycles. The summed E-state index contributed by atoms with van der Waals surface area (Å²) in [4.78, 5) is 2.54. The molecule has 0 bridgehead atoms. The third-order valence-electron chi connectivity index (χ3n) is 3.95. The summed E-state index contributed by atoms with van der Waals surface area (Å²) < 4.78 is 0. The second-order valence-corrected chi connectivity index (χ2v) is 5.19. The average molecular weight is 226 g/mol. The highest BCUT2D eigenvalue weighted by molar-refractivity contribution is 4.84. The van der Waals surface area contributed by atoms with Gasteiger partial charge < -0.3 is 10.2 Å². The third-order valence-corrected chi connectivity index (χ3v) is 3.95. The monoisotopic (exact) mass is 226 g/mol. The van der Waals surface area contributed by atoms with Gasteiger partial charge in [0.25, 0.3) is 0 Å². The van der Waals surface area contributed by atoms with Gasteiger partial charge in [-0.15, -0.1) is 0 Å². The Morgan fingerprint density at radius 1 is 1.06 bits per heavy atom. The minimum atomic E-state index is 0.727. The molecule has 0 radical (unpaired) electrons. The van der Waals surface area contributed by atoms with Gasteiger partial charge in [-0.2, -0.15) is 0 Å². The summed E-state index contributed by atoms with van der Waals surface area (Å²) in [5.41, 5.74) is 0. The smallest absolute Gasteiger partial charge is 0.0246 e. The van der Waals surface area contributed by atoms with Crippen LogP contribution in [0.2, 0.25) is 0 Å². The second kappa shape index (κ2) is 8.08. The number of likely N-dealkylation sites (N-methyl/N-ethyl adjacent to an activating group) is 1. The highest BCUT2D eigenvalue weighted by atomic mass is 15.2. The fourth-order valence-electron chi connectivity index (χ4n) is 2.79. The Morgan fingerprint density at radius 3 is 2.38 bits per heavy atom. The molecule has 2 unspecified atom stereocenters. The van der Waals surface area contributed by atoms with Gasteiger partial charge in [-0.05, 0) is 39.4 Å². The lowest BCUT2D eigenvalue weighted by Crippen LogP contribution is -2.49. The van der Waals surface area contributed by atoms with E-state index in [1.807, 2.05) is 0 Å². The minimum absolute atomic E-state index is 0.727. The third kappa shape index (κ3) is 4.42. The molecule has 0 aliphatic heterocycles. The molecule has 1 saturated carbocycles. The summed E-state index contributed by atoms with van der Waals surface area (Å²) >= 11 is 0. The molecular formula is C14H30N2. The summed E-state index contributed by atoms with van der Waals surface area (Å²) in [6.45, 7) is 6.89. The molecule has 0 amide bonds. The van der Waals surface area contributed by atoms with E-state index in [-0.39, 0.29) is 0 Å². The van der Waals surface area contributed by atoms with Crippen molar-refractivity contribution in [2.24, 2.45) is 0 Å². The molecule has 2 heteroatoms. The summed E-state index contributed by atoms with van der Waals surface area (Å²) in [6, 6.07) is 1.49. The van der Waals surface area contributed by atoms with Gasteiger partial charge in [0.2, 0.25) is 0 Å². The van der Waals surface area contributed by atoms with E-state index in [0.717, 1.165) is 12.1 Å². The molecule has 2 nitrogen and oxygen atoms in total. The standard InChI is InChI=1S/C14H30N2/c1-4-12-15-13-10-8-6-7-9-11-14(13)16(3)5-2/h13-15H,4-12H2,1-3H3. The van der Waals surface area contributed by atoms with Crippen LogP contribution in [-0.4, -0.2) is 37.1 Å². The Balaban J connectivity index is 2.53. The van der Waals surface area contributed by atoms with E-state index in [1.165, 1.54) is 58.0 Å². The first-order valence-corrected chi connectivity index (χ1v) is 7.23. The molecule has 16 heavy (non-hydrogen) atoms. The minimum Gasteiger partial charge on any atom is -0.312 e. The quantitative estimate of drug-likeness (QED) is 0.775. The van der Waals surface area contributed by atoms with Crippen molar-refractivity contribution < 1.29 is 0 Å². The van der Waals surface area contributed by atoms with Crippen LogP contribution in [0.1, 0.15) is 58.8 Å². The summed E-state index contributed by atoms with van der Waals surface area (Å²) in [7, 11) is 2.28. The second-order valence-electron chi connectivity index (χ2n) is 5.19. The molecule has 0 saturated heterocycles. The Labute approximate surface area is 102 Å². The maximum atomic E-state index is 3.76. The van der Waals surface area contributed by atoms with Crippen LogP contribution in [0.5, 0.6) is 0 Å². The van der Waals surface area contributed by atoms with Crippen LogP contribution in [0.25, 0.3) is 0 Å². The van der Waals surface area contributed by atoms with Gasteiger partial charge in [0, 0.05) is 12.1 Å². The van der Waals surface area contributed by atoms with Crippen LogP contribution < -0.4 is 5.32 Å². The molecule has 1 N–H and O–H groups in total. The zero-order chi connectivity index (χ0) is 11.8. The van der Waals surface area contributed by atoms with Crippen molar-refractivity contribution in [1.29, 1.82) is 0 Å². The van der Waals surface area contributed by atoms with E-state index in [4.69, 9.17) is 0 Å². The lowest BCUT2D eigenvalue weighted by atomic mass is 9.91. The molecule has 0 aromatic rings. The highest BCUT2D eigenvalue weighted by Crippen LogP contribution is 2.21. The normalized spacial score (nSPS) is 27.8. The van der Waals surface area contributed by atoms with Crippen LogP contribution in [0.4, 0.5) is 0 Å². The van der Waals surface area contributed by atoms with Gasteiger partial charge in [0.15, 0.2) is 0 Å². The lowest BCUT2D eigenvalue weighted by Gasteiger charge is -2.36. The average Bonchev–Trinajstić information content (AvgIpc) is 2.27. The van der Waals surface area contributed by atoms with Crippen molar-refractivity contribution in [1.82, 2.24) is 10.2 Å². The van der Waals surface area contributed by atoms with Crippen LogP contribution in [0.3, 0.4) is 0 Å². The fourth-order valence-corrected chi connectivity index (χ4v) is 2.79. The van der Waals surface area contributed by atoms with E-state index >= 15 is 0 Å². The van der Waals surface area contributed by atoms with Crippen LogP contribution in [0, 0.1) is 0 Å². The topological polar surface area (TPSA) is 15.3 Å². The van der Waals surface area contributed by atoms with E-state index in [2.05, 4.69) is 31.1 Å². The first-order valence-electron chi connectivity index (χ1n) is 7.23. The Hall–Kier alpha value is -0.0800. The van der Waals surface area contributed by atoms with Crippen LogP contribution >= 0.6 is 0 Å². The first kappa shape index (κ1) is 14.0. The maximum Gasteiger partial charge on any atom is 0.0246 e. The van der Waals surface area contributed by atoms with Crippen molar-refractivity contribution in [3.63, 3.8) is 0 Å². The number of nitrogens with zero attached hydrogens (tertiary/aromatic N) is 1. The molecular weight excluding hydrogens is 196 g/mol. The number of hydrogen-bond acceptors (Lipinski definition) is 2. The predicted molar refractivity (Wildman–Crippen MR) is 71.9 cm³/mol. The molecule has 1 fully saturated rings. The Kier molecular flexibility index (Phi) is 7.06.